The van der Waals surface area contributed by atoms with Gasteiger partial charge in [-0.2, -0.15) is 0 Å². The largest absolute Gasteiger partial charge is 0.144 e. The van der Waals surface area contributed by atoms with Crippen molar-refractivity contribution >= 4 is 55.8 Å². The predicted octanol–water partition coefficient (Wildman–Crippen LogP) is 4.79. The molecular weight excluding hydrogens is 323 g/mol. The van der Waals surface area contributed by atoms with Gasteiger partial charge in [0.05, 0.1) is 0 Å². The van der Waals surface area contributed by atoms with E-state index in [0.717, 1.165) is 6.42 Å². The lowest BCUT2D eigenvalue weighted by molar-refractivity contribution is 1.08. The molecule has 0 saturated carbocycles. The third kappa shape index (κ3) is 1.70. The van der Waals surface area contributed by atoms with E-state index in [2.05, 4.69) is 53.3 Å². The van der Waals surface area contributed by atoms with Gasteiger partial charge in [-0.05, 0) is 58.3 Å². The Hall–Kier alpha value is 0.260. The molecule has 1 heterocycles. The van der Waals surface area contributed by atoms with Crippen molar-refractivity contribution in [2.45, 2.75) is 18.2 Å². The molecule has 3 heteroatoms. The van der Waals surface area contributed by atoms with Crippen molar-refractivity contribution in [2.24, 2.45) is 0 Å². The molecule has 0 atom stereocenters. The first-order valence-electron chi connectivity index (χ1n) is 4.50. The summed E-state index contributed by atoms with van der Waals surface area (Å²) in [6.45, 7) is 2.23. The van der Waals surface area contributed by atoms with Crippen molar-refractivity contribution < 1.29 is 0 Å². The first kappa shape index (κ1) is 10.8. The molecular formula is C11H11IS2. The zero-order chi connectivity index (χ0) is 10.1. The number of thioether (sulfide) groups is 1. The Labute approximate surface area is 106 Å². The minimum Gasteiger partial charge on any atom is -0.144 e. The highest BCUT2D eigenvalue weighted by atomic mass is 127. The Balaban J connectivity index is 2.79. The third-order valence-electron chi connectivity index (χ3n) is 2.33. The number of benzene rings is 1. The van der Waals surface area contributed by atoms with Crippen molar-refractivity contribution in [1.82, 2.24) is 0 Å². The number of rotatable bonds is 2. The summed E-state index contributed by atoms with van der Waals surface area (Å²) in [5.41, 5.74) is 1.50. The van der Waals surface area contributed by atoms with Crippen LogP contribution in [-0.2, 0) is 6.42 Å². The van der Waals surface area contributed by atoms with Crippen LogP contribution >= 0.6 is 45.7 Å². The van der Waals surface area contributed by atoms with Crippen LogP contribution in [0.3, 0.4) is 0 Å². The lowest BCUT2D eigenvalue weighted by Gasteiger charge is -2.08. The number of fused-ring (bicyclic) bond motifs is 1. The van der Waals surface area contributed by atoms with Crippen molar-refractivity contribution in [3.63, 3.8) is 0 Å². The van der Waals surface area contributed by atoms with Crippen LogP contribution in [0.2, 0.25) is 0 Å². The standard InChI is InChI=1S/C11H11IS2/c1-3-7-9(13-2)6-10-8(11(7)12)4-5-14-10/h4-6H,3H2,1-2H3. The summed E-state index contributed by atoms with van der Waals surface area (Å²) < 4.78 is 2.85. The molecule has 0 aliphatic rings. The first-order valence-corrected chi connectivity index (χ1v) is 7.68. The van der Waals surface area contributed by atoms with E-state index in [0.29, 0.717) is 0 Å². The quantitative estimate of drug-likeness (QED) is 0.562. The highest BCUT2D eigenvalue weighted by Gasteiger charge is 2.09. The van der Waals surface area contributed by atoms with Crippen LogP contribution in [0.4, 0.5) is 0 Å². The van der Waals surface area contributed by atoms with Crippen molar-refractivity contribution in [1.29, 1.82) is 0 Å². The molecule has 0 unspecified atom stereocenters. The van der Waals surface area contributed by atoms with Gasteiger partial charge in [0.1, 0.15) is 0 Å². The topological polar surface area (TPSA) is 0 Å². The zero-order valence-electron chi connectivity index (χ0n) is 8.13. The molecule has 0 spiro atoms. The molecule has 1 aromatic carbocycles. The van der Waals surface area contributed by atoms with Crippen LogP contribution in [0.1, 0.15) is 12.5 Å². The second-order valence-electron chi connectivity index (χ2n) is 3.06. The minimum atomic E-state index is 1.13. The van der Waals surface area contributed by atoms with Gasteiger partial charge in [-0.15, -0.1) is 23.1 Å². The summed E-state index contributed by atoms with van der Waals surface area (Å²) in [5, 5.41) is 3.60. The van der Waals surface area contributed by atoms with Gasteiger partial charge >= 0.3 is 0 Å². The van der Waals surface area contributed by atoms with Crippen LogP contribution in [0.25, 0.3) is 10.1 Å². The second kappa shape index (κ2) is 4.41. The van der Waals surface area contributed by atoms with E-state index in [9.17, 15) is 0 Å². The molecule has 0 N–H and O–H groups in total. The first-order chi connectivity index (χ1) is 6.77. The fraction of sp³-hybridized carbons (Fsp3) is 0.273. The molecule has 2 rings (SSSR count). The molecule has 1 aromatic heterocycles. The van der Waals surface area contributed by atoms with Gasteiger partial charge in [-0.25, -0.2) is 0 Å². The average Bonchev–Trinajstić information content (AvgIpc) is 2.65. The van der Waals surface area contributed by atoms with Crippen LogP contribution < -0.4 is 0 Å². The fourth-order valence-electron chi connectivity index (χ4n) is 1.60. The second-order valence-corrected chi connectivity index (χ2v) is 5.93. The number of thiophene rings is 1. The maximum absolute atomic E-state index is 2.48. The molecule has 0 aliphatic heterocycles. The highest BCUT2D eigenvalue weighted by molar-refractivity contribution is 14.1. The summed E-state index contributed by atoms with van der Waals surface area (Å²) in [6, 6.07) is 4.55. The van der Waals surface area contributed by atoms with E-state index in [4.69, 9.17) is 0 Å². The van der Waals surface area contributed by atoms with Crippen molar-refractivity contribution in [3.05, 3.63) is 26.6 Å². The molecule has 14 heavy (non-hydrogen) atoms. The lowest BCUT2D eigenvalue weighted by atomic mass is 10.1. The summed E-state index contributed by atoms with van der Waals surface area (Å²) in [6.07, 6.45) is 3.28. The maximum atomic E-state index is 2.48. The molecule has 0 amide bonds. The van der Waals surface area contributed by atoms with E-state index in [1.165, 1.54) is 24.1 Å². The highest BCUT2D eigenvalue weighted by Crippen LogP contribution is 2.34. The van der Waals surface area contributed by atoms with Gasteiger partial charge in [-0.1, -0.05) is 6.92 Å². The monoisotopic (exact) mass is 334 g/mol. The van der Waals surface area contributed by atoms with E-state index < -0.39 is 0 Å². The SMILES string of the molecule is CCc1c(SC)cc2sccc2c1I. The van der Waals surface area contributed by atoms with Crippen LogP contribution in [0.15, 0.2) is 22.4 Å². The summed E-state index contributed by atoms with van der Waals surface area (Å²) in [5.74, 6) is 0. The molecule has 0 radical (unpaired) electrons. The van der Waals surface area contributed by atoms with Crippen LogP contribution in [-0.4, -0.2) is 6.26 Å². The van der Waals surface area contributed by atoms with E-state index in [1.807, 2.05) is 23.1 Å². The van der Waals surface area contributed by atoms with Gasteiger partial charge in [0, 0.05) is 18.6 Å². The maximum Gasteiger partial charge on any atom is 0.0364 e. The van der Waals surface area contributed by atoms with E-state index in [1.54, 1.807) is 0 Å². The Morgan fingerprint density at radius 1 is 1.50 bits per heavy atom. The van der Waals surface area contributed by atoms with Gasteiger partial charge in [0.2, 0.25) is 0 Å². The van der Waals surface area contributed by atoms with Crippen LogP contribution in [0, 0.1) is 3.57 Å². The van der Waals surface area contributed by atoms with Gasteiger partial charge in [0.25, 0.3) is 0 Å². The summed E-state index contributed by atoms with van der Waals surface area (Å²) >= 11 is 6.16. The average molecular weight is 334 g/mol. The Morgan fingerprint density at radius 2 is 2.29 bits per heavy atom. The molecule has 0 nitrogen and oxygen atoms in total. The third-order valence-corrected chi connectivity index (χ3v) is 5.23. The smallest absolute Gasteiger partial charge is 0.0364 e. The fourth-order valence-corrected chi connectivity index (χ4v) is 4.75. The molecule has 74 valence electrons. The molecule has 0 fully saturated rings. The summed E-state index contributed by atoms with van der Waals surface area (Å²) in [4.78, 5) is 1.44. The van der Waals surface area contributed by atoms with Gasteiger partial charge < -0.3 is 0 Å². The van der Waals surface area contributed by atoms with Gasteiger partial charge in [-0.3, -0.25) is 0 Å². The minimum absolute atomic E-state index is 1.13. The molecule has 0 aliphatic carbocycles. The Morgan fingerprint density at radius 3 is 2.93 bits per heavy atom. The Bertz CT molecular complexity index is 460. The van der Waals surface area contributed by atoms with Gasteiger partial charge in [0.15, 0.2) is 0 Å². The predicted molar refractivity (Wildman–Crippen MR) is 75.7 cm³/mol. The summed E-state index contributed by atoms with van der Waals surface area (Å²) in [7, 11) is 0. The van der Waals surface area contributed by atoms with E-state index in [-0.39, 0.29) is 0 Å². The molecule has 0 saturated heterocycles. The van der Waals surface area contributed by atoms with E-state index >= 15 is 0 Å². The Kier molecular flexibility index (Phi) is 3.39. The lowest BCUT2D eigenvalue weighted by Crippen LogP contribution is -1.90. The zero-order valence-corrected chi connectivity index (χ0v) is 11.9. The normalized spacial score (nSPS) is 11.1. The number of hydrogen-bond donors (Lipinski definition) is 0. The van der Waals surface area contributed by atoms with Crippen molar-refractivity contribution in [2.75, 3.05) is 6.26 Å². The molecule has 2 aromatic rings. The number of hydrogen-bond acceptors (Lipinski definition) is 2. The van der Waals surface area contributed by atoms with Crippen LogP contribution in [0.5, 0.6) is 0 Å². The molecule has 0 bridgehead atoms. The number of halogens is 1. The van der Waals surface area contributed by atoms with Crippen molar-refractivity contribution in [3.8, 4) is 0 Å².